The number of ether oxygens (including phenoxy) is 3. The number of rotatable bonds is 8. The van der Waals surface area contributed by atoms with Crippen molar-refractivity contribution >= 4 is 34.8 Å². The van der Waals surface area contributed by atoms with Gasteiger partial charge in [0.1, 0.15) is 23.7 Å². The molecule has 27 heavy (non-hydrogen) atoms. The molecule has 0 unspecified atom stereocenters. The fraction of sp³-hybridized carbons (Fsp3) is 0.263. The predicted molar refractivity (Wildman–Crippen MR) is 104 cm³/mol. The molecular formula is C19H21ClN2O5. The summed E-state index contributed by atoms with van der Waals surface area (Å²) in [5.74, 6) is 0.502. The van der Waals surface area contributed by atoms with Gasteiger partial charge in [0.2, 0.25) is 11.8 Å². The maximum atomic E-state index is 12.2. The topological polar surface area (TPSA) is 85.9 Å². The third kappa shape index (κ3) is 5.79. The number of carbonyl (C=O) groups excluding carboxylic acids is 2. The van der Waals surface area contributed by atoms with Gasteiger partial charge in [-0.15, -0.1) is 0 Å². The first kappa shape index (κ1) is 20.4. The van der Waals surface area contributed by atoms with Crippen LogP contribution in [0.3, 0.4) is 0 Å². The number of hydrogen-bond donors (Lipinski definition) is 2. The van der Waals surface area contributed by atoms with Crippen LogP contribution in [0, 0.1) is 0 Å². The molecule has 2 amide bonds. The SMILES string of the molecule is CCOc1ccc(NC(=O)CC(=O)Nc2cc(OC)c(Cl)cc2OC)cc1. The Labute approximate surface area is 162 Å². The molecular weight excluding hydrogens is 372 g/mol. The minimum absolute atomic E-state index is 0.348. The molecule has 0 aliphatic carbocycles. The summed E-state index contributed by atoms with van der Waals surface area (Å²) in [5, 5.41) is 5.63. The van der Waals surface area contributed by atoms with Crippen molar-refractivity contribution in [1.29, 1.82) is 0 Å². The van der Waals surface area contributed by atoms with Crippen LogP contribution >= 0.6 is 11.6 Å². The third-order valence-corrected chi connectivity index (χ3v) is 3.81. The summed E-state index contributed by atoms with van der Waals surface area (Å²) >= 11 is 6.03. The van der Waals surface area contributed by atoms with Gasteiger partial charge in [0, 0.05) is 17.8 Å². The van der Waals surface area contributed by atoms with Gasteiger partial charge in [-0.05, 0) is 31.2 Å². The maximum absolute atomic E-state index is 12.2. The van der Waals surface area contributed by atoms with Crippen LogP contribution in [0.15, 0.2) is 36.4 Å². The average Bonchev–Trinajstić information content (AvgIpc) is 2.64. The first-order valence-corrected chi connectivity index (χ1v) is 8.58. The minimum Gasteiger partial charge on any atom is -0.495 e. The molecule has 0 radical (unpaired) electrons. The highest BCUT2D eigenvalue weighted by molar-refractivity contribution is 6.32. The van der Waals surface area contributed by atoms with E-state index in [2.05, 4.69) is 10.6 Å². The quantitative estimate of drug-likeness (QED) is 0.668. The van der Waals surface area contributed by atoms with Crippen molar-refractivity contribution < 1.29 is 23.8 Å². The molecule has 0 saturated heterocycles. The molecule has 0 fully saturated rings. The van der Waals surface area contributed by atoms with E-state index in [1.54, 1.807) is 24.3 Å². The molecule has 0 aliphatic rings. The summed E-state index contributed by atoms with van der Waals surface area (Å²) < 4.78 is 15.7. The number of halogens is 1. The molecule has 0 bridgehead atoms. The highest BCUT2D eigenvalue weighted by Gasteiger charge is 2.15. The van der Waals surface area contributed by atoms with Crippen LogP contribution in [0.4, 0.5) is 11.4 Å². The van der Waals surface area contributed by atoms with Gasteiger partial charge in [0.25, 0.3) is 0 Å². The molecule has 0 spiro atoms. The van der Waals surface area contributed by atoms with Crippen molar-refractivity contribution in [2.45, 2.75) is 13.3 Å². The lowest BCUT2D eigenvalue weighted by Gasteiger charge is -2.13. The number of amides is 2. The van der Waals surface area contributed by atoms with E-state index < -0.39 is 11.8 Å². The molecule has 0 aliphatic heterocycles. The molecule has 2 aromatic carbocycles. The largest absolute Gasteiger partial charge is 0.495 e. The number of anilines is 2. The highest BCUT2D eigenvalue weighted by Crippen LogP contribution is 2.35. The van der Waals surface area contributed by atoms with Crippen LogP contribution in [-0.4, -0.2) is 32.6 Å². The summed E-state index contributed by atoms with van der Waals surface area (Å²) in [6.45, 7) is 2.45. The van der Waals surface area contributed by atoms with Gasteiger partial charge in [0.05, 0.1) is 31.5 Å². The van der Waals surface area contributed by atoms with E-state index in [1.807, 2.05) is 6.92 Å². The summed E-state index contributed by atoms with van der Waals surface area (Å²) in [4.78, 5) is 24.3. The molecule has 8 heteroatoms. The van der Waals surface area contributed by atoms with E-state index in [9.17, 15) is 9.59 Å². The molecule has 144 valence electrons. The van der Waals surface area contributed by atoms with Crippen molar-refractivity contribution in [3.8, 4) is 17.2 Å². The second kappa shape index (κ2) is 9.68. The van der Waals surface area contributed by atoms with Crippen LogP contribution in [-0.2, 0) is 9.59 Å². The monoisotopic (exact) mass is 392 g/mol. The molecule has 0 heterocycles. The average molecular weight is 393 g/mol. The molecule has 2 rings (SSSR count). The fourth-order valence-corrected chi connectivity index (χ4v) is 2.54. The van der Waals surface area contributed by atoms with Crippen molar-refractivity contribution in [2.24, 2.45) is 0 Å². The number of carbonyl (C=O) groups is 2. The van der Waals surface area contributed by atoms with Gasteiger partial charge in [-0.3, -0.25) is 9.59 Å². The van der Waals surface area contributed by atoms with E-state index in [4.69, 9.17) is 25.8 Å². The highest BCUT2D eigenvalue weighted by atomic mass is 35.5. The zero-order valence-corrected chi connectivity index (χ0v) is 16.1. The Hall–Kier alpha value is -2.93. The van der Waals surface area contributed by atoms with E-state index >= 15 is 0 Å². The summed E-state index contributed by atoms with van der Waals surface area (Å²) in [6, 6.07) is 9.94. The van der Waals surface area contributed by atoms with E-state index in [0.717, 1.165) is 0 Å². The molecule has 2 N–H and O–H groups in total. The molecule has 0 atom stereocenters. The summed E-state index contributed by atoms with van der Waals surface area (Å²) in [6.07, 6.45) is -0.360. The zero-order chi connectivity index (χ0) is 19.8. The second-order valence-electron chi connectivity index (χ2n) is 5.42. The van der Waals surface area contributed by atoms with Crippen LogP contribution < -0.4 is 24.8 Å². The van der Waals surface area contributed by atoms with Crippen molar-refractivity contribution in [1.82, 2.24) is 0 Å². The van der Waals surface area contributed by atoms with Gasteiger partial charge < -0.3 is 24.8 Å². The maximum Gasteiger partial charge on any atom is 0.233 e. The fourth-order valence-electron chi connectivity index (χ4n) is 2.30. The lowest BCUT2D eigenvalue weighted by molar-refractivity contribution is -0.123. The Morgan fingerprint density at radius 3 is 2.19 bits per heavy atom. The van der Waals surface area contributed by atoms with Crippen molar-refractivity contribution in [3.63, 3.8) is 0 Å². The van der Waals surface area contributed by atoms with E-state index in [1.165, 1.54) is 26.4 Å². The Morgan fingerprint density at radius 2 is 1.59 bits per heavy atom. The molecule has 0 aromatic heterocycles. The van der Waals surface area contributed by atoms with E-state index in [-0.39, 0.29) is 6.42 Å². The standard InChI is InChI=1S/C19H21ClN2O5/c1-4-27-13-7-5-12(6-8-13)21-18(23)11-19(24)22-15-10-16(25-2)14(20)9-17(15)26-3/h5-10H,4,11H2,1-3H3,(H,21,23)(H,22,24). The van der Waals surface area contributed by atoms with Crippen LogP contribution in [0.25, 0.3) is 0 Å². The zero-order valence-electron chi connectivity index (χ0n) is 15.3. The molecule has 0 saturated carbocycles. The first-order chi connectivity index (χ1) is 13.0. The number of hydrogen-bond acceptors (Lipinski definition) is 5. The molecule has 7 nitrogen and oxygen atoms in total. The number of benzene rings is 2. The van der Waals surface area contributed by atoms with Gasteiger partial charge in [-0.25, -0.2) is 0 Å². The van der Waals surface area contributed by atoms with Gasteiger partial charge in [-0.2, -0.15) is 0 Å². The molecule has 2 aromatic rings. The normalized spacial score (nSPS) is 10.1. The smallest absolute Gasteiger partial charge is 0.233 e. The van der Waals surface area contributed by atoms with Crippen molar-refractivity contribution in [3.05, 3.63) is 41.4 Å². The van der Waals surface area contributed by atoms with Gasteiger partial charge in [0.15, 0.2) is 0 Å². The number of methoxy groups -OCH3 is 2. The Bertz CT molecular complexity index is 808. The lowest BCUT2D eigenvalue weighted by Crippen LogP contribution is -2.21. The first-order valence-electron chi connectivity index (χ1n) is 8.21. The number of nitrogens with one attached hydrogen (secondary N) is 2. The summed E-state index contributed by atoms with van der Waals surface area (Å²) in [7, 11) is 2.91. The Morgan fingerprint density at radius 1 is 0.963 bits per heavy atom. The minimum atomic E-state index is -0.499. The van der Waals surface area contributed by atoms with Crippen LogP contribution in [0.5, 0.6) is 17.2 Å². The van der Waals surface area contributed by atoms with Crippen molar-refractivity contribution in [2.75, 3.05) is 31.5 Å². The van der Waals surface area contributed by atoms with Crippen LogP contribution in [0.2, 0.25) is 5.02 Å². The third-order valence-electron chi connectivity index (χ3n) is 3.52. The van der Waals surface area contributed by atoms with Gasteiger partial charge >= 0.3 is 0 Å². The Balaban J connectivity index is 1.97. The lowest BCUT2D eigenvalue weighted by atomic mass is 10.2. The van der Waals surface area contributed by atoms with E-state index in [0.29, 0.717) is 40.3 Å². The van der Waals surface area contributed by atoms with Gasteiger partial charge in [-0.1, -0.05) is 11.6 Å². The second-order valence-corrected chi connectivity index (χ2v) is 5.82. The summed E-state index contributed by atoms with van der Waals surface area (Å²) in [5.41, 5.74) is 0.930. The predicted octanol–water partition coefficient (Wildman–Crippen LogP) is 3.72. The Kier molecular flexibility index (Phi) is 7.31. The van der Waals surface area contributed by atoms with Crippen LogP contribution in [0.1, 0.15) is 13.3 Å².